The van der Waals surface area contributed by atoms with Crippen molar-refractivity contribution in [3.8, 4) is 0 Å². The van der Waals surface area contributed by atoms with Crippen LogP contribution < -0.4 is 11.1 Å². The Labute approximate surface area is 194 Å². The highest BCUT2D eigenvalue weighted by Gasteiger charge is 2.36. The number of hydrogen-bond donors (Lipinski definition) is 4. The summed E-state index contributed by atoms with van der Waals surface area (Å²) in [6, 6.07) is 12.3. The van der Waals surface area contributed by atoms with Crippen molar-refractivity contribution in [3.05, 3.63) is 76.9 Å². The Morgan fingerprint density at radius 3 is 2.06 bits per heavy atom. The van der Waals surface area contributed by atoms with Gasteiger partial charge in [-0.1, -0.05) is 30.3 Å². The molecule has 34 heavy (non-hydrogen) atoms. The van der Waals surface area contributed by atoms with E-state index in [0.29, 0.717) is 0 Å². The molecule has 3 aromatic rings. The second kappa shape index (κ2) is 8.33. The lowest BCUT2D eigenvalue weighted by Gasteiger charge is -2.23. The van der Waals surface area contributed by atoms with E-state index >= 15 is 0 Å². The molecule has 0 amide bonds. The zero-order valence-electron chi connectivity index (χ0n) is 17.3. The Morgan fingerprint density at radius 2 is 1.47 bits per heavy atom. The van der Waals surface area contributed by atoms with Crippen molar-refractivity contribution >= 4 is 48.6 Å². The molecule has 0 saturated carbocycles. The molecule has 176 valence electrons. The van der Waals surface area contributed by atoms with Crippen molar-refractivity contribution in [2.75, 3.05) is 23.4 Å². The number of aliphatic hydroxyl groups excluding tert-OH is 1. The summed E-state index contributed by atoms with van der Waals surface area (Å²) in [6.07, 6.45) is 0. The van der Waals surface area contributed by atoms with E-state index in [1.165, 1.54) is 42.5 Å². The van der Waals surface area contributed by atoms with E-state index in [2.05, 4.69) is 5.32 Å². The van der Waals surface area contributed by atoms with Gasteiger partial charge in [0.25, 0.3) is 10.1 Å². The lowest BCUT2D eigenvalue weighted by atomic mass is 9.82. The quantitative estimate of drug-likeness (QED) is 0.224. The normalized spacial score (nSPS) is 13.4. The van der Waals surface area contributed by atoms with E-state index in [1.54, 1.807) is 6.07 Å². The third-order valence-corrected chi connectivity index (χ3v) is 7.90. The molecule has 12 heteroatoms. The topological polar surface area (TPSA) is 181 Å². The van der Waals surface area contributed by atoms with Gasteiger partial charge >= 0.3 is 0 Å². The predicted octanol–water partition coefficient (Wildman–Crippen LogP) is 1.80. The number of fused-ring (bicyclic) bond motifs is 2. The minimum absolute atomic E-state index is 0.0298. The van der Waals surface area contributed by atoms with Crippen LogP contribution in [-0.4, -0.2) is 50.4 Å². The average Bonchev–Trinajstić information content (AvgIpc) is 2.77. The lowest BCUT2D eigenvalue weighted by molar-refractivity contribution is 0.0980. The fourth-order valence-electron chi connectivity index (χ4n) is 3.77. The van der Waals surface area contributed by atoms with Gasteiger partial charge in [-0.3, -0.25) is 14.1 Å². The van der Waals surface area contributed by atoms with Crippen LogP contribution in [0.4, 0.5) is 17.1 Å². The second-order valence-electron chi connectivity index (χ2n) is 7.46. The molecule has 0 bridgehead atoms. The second-order valence-corrected chi connectivity index (χ2v) is 11.0. The number of ketones is 2. The van der Waals surface area contributed by atoms with Gasteiger partial charge in [0, 0.05) is 16.8 Å². The van der Waals surface area contributed by atoms with E-state index in [4.69, 9.17) is 10.8 Å². The molecule has 0 heterocycles. The predicted molar refractivity (Wildman–Crippen MR) is 123 cm³/mol. The standard InChI is InChI=1S/C22H18N2O8S2/c23-20-17(34(30,31)32)11-16(24-12-4-3-5-13(10-12)33(28,29)9-8-25)18-19(20)22(27)15-7-2-1-6-14(15)21(18)26/h1-7,10-11,24-25H,8-9,23H2,(H,30,31,32). The Bertz CT molecular complexity index is 1580. The zero-order valence-corrected chi connectivity index (χ0v) is 19.0. The molecule has 0 aliphatic heterocycles. The van der Waals surface area contributed by atoms with Gasteiger partial charge in [0.2, 0.25) is 0 Å². The monoisotopic (exact) mass is 502 g/mol. The third kappa shape index (κ3) is 3.96. The van der Waals surface area contributed by atoms with Crippen LogP contribution in [0, 0.1) is 0 Å². The summed E-state index contributed by atoms with van der Waals surface area (Å²) in [7, 11) is -8.70. The van der Waals surface area contributed by atoms with Crippen molar-refractivity contribution in [2.24, 2.45) is 0 Å². The molecule has 0 fully saturated rings. The number of nitrogens with one attached hydrogen (secondary N) is 1. The Morgan fingerprint density at radius 1 is 0.853 bits per heavy atom. The van der Waals surface area contributed by atoms with Gasteiger partial charge in [-0.05, 0) is 24.3 Å². The van der Waals surface area contributed by atoms with Crippen molar-refractivity contribution in [1.82, 2.24) is 0 Å². The number of aliphatic hydroxyl groups is 1. The number of carbonyl (C=O) groups excluding carboxylic acids is 2. The number of anilines is 3. The van der Waals surface area contributed by atoms with Crippen LogP contribution in [0.1, 0.15) is 31.8 Å². The highest BCUT2D eigenvalue weighted by atomic mass is 32.2. The molecule has 1 aliphatic rings. The third-order valence-electron chi connectivity index (χ3n) is 5.31. The number of carbonyl (C=O) groups is 2. The van der Waals surface area contributed by atoms with E-state index in [1.807, 2.05) is 0 Å². The Balaban J connectivity index is 1.95. The maximum atomic E-state index is 13.3. The minimum Gasteiger partial charge on any atom is -0.397 e. The van der Waals surface area contributed by atoms with Gasteiger partial charge in [-0.2, -0.15) is 8.42 Å². The van der Waals surface area contributed by atoms with Gasteiger partial charge in [0.15, 0.2) is 21.4 Å². The van der Waals surface area contributed by atoms with Gasteiger partial charge < -0.3 is 16.2 Å². The van der Waals surface area contributed by atoms with Crippen LogP contribution in [-0.2, 0) is 20.0 Å². The summed E-state index contributed by atoms with van der Waals surface area (Å²) in [5, 5.41) is 11.8. The zero-order chi connectivity index (χ0) is 24.8. The van der Waals surface area contributed by atoms with Crippen LogP contribution in [0.2, 0.25) is 0 Å². The first-order chi connectivity index (χ1) is 16.0. The average molecular weight is 503 g/mol. The van der Waals surface area contributed by atoms with Gasteiger partial charge in [-0.25, -0.2) is 8.42 Å². The summed E-state index contributed by atoms with van der Waals surface area (Å²) in [5.74, 6) is -1.81. The first-order valence-corrected chi connectivity index (χ1v) is 12.9. The number of nitrogen functional groups attached to an aromatic ring is 1. The lowest BCUT2D eigenvalue weighted by Crippen LogP contribution is -2.25. The van der Waals surface area contributed by atoms with E-state index in [9.17, 15) is 31.0 Å². The van der Waals surface area contributed by atoms with E-state index < -0.39 is 54.5 Å². The summed E-state index contributed by atoms with van der Waals surface area (Å²) in [5.41, 5.74) is 4.86. The SMILES string of the molecule is Nc1c(S(=O)(=O)O)cc(Nc2cccc(S(=O)(=O)CCO)c2)c2c1C(=O)c1ccccc1C2=O. The summed E-state index contributed by atoms with van der Waals surface area (Å²) in [4.78, 5) is 25.6. The smallest absolute Gasteiger partial charge is 0.296 e. The maximum Gasteiger partial charge on any atom is 0.296 e. The number of sulfone groups is 1. The number of hydrogen-bond acceptors (Lipinski definition) is 9. The molecule has 1 aliphatic carbocycles. The molecule has 0 spiro atoms. The van der Waals surface area contributed by atoms with Crippen LogP contribution in [0.25, 0.3) is 0 Å². The van der Waals surface area contributed by atoms with Crippen LogP contribution in [0.15, 0.2) is 64.4 Å². The minimum atomic E-state index is -4.89. The van der Waals surface area contributed by atoms with E-state index in [-0.39, 0.29) is 38.5 Å². The molecule has 0 atom stereocenters. The highest BCUT2D eigenvalue weighted by Crippen LogP contribution is 2.40. The van der Waals surface area contributed by atoms with E-state index in [0.717, 1.165) is 6.07 Å². The molecule has 0 aromatic heterocycles. The van der Waals surface area contributed by atoms with Crippen LogP contribution in [0.3, 0.4) is 0 Å². The summed E-state index contributed by atoms with van der Waals surface area (Å²) < 4.78 is 58.3. The van der Waals surface area contributed by atoms with Gasteiger partial charge in [0.05, 0.1) is 39.8 Å². The molecule has 0 radical (unpaired) electrons. The summed E-state index contributed by atoms with van der Waals surface area (Å²) >= 11 is 0. The fourth-order valence-corrected chi connectivity index (χ4v) is 5.48. The van der Waals surface area contributed by atoms with Crippen LogP contribution in [0.5, 0.6) is 0 Å². The van der Waals surface area contributed by atoms with Crippen molar-refractivity contribution in [2.45, 2.75) is 9.79 Å². The number of rotatable bonds is 6. The Kier molecular flexibility index (Phi) is 5.77. The molecule has 3 aromatic carbocycles. The molecular weight excluding hydrogens is 484 g/mol. The maximum absolute atomic E-state index is 13.3. The van der Waals surface area contributed by atoms with Crippen molar-refractivity contribution < 1.29 is 36.1 Å². The van der Waals surface area contributed by atoms with Crippen LogP contribution >= 0.6 is 0 Å². The fraction of sp³-hybridized carbons (Fsp3) is 0.0909. The molecule has 0 saturated heterocycles. The van der Waals surface area contributed by atoms with Gasteiger partial charge in [-0.15, -0.1) is 0 Å². The highest BCUT2D eigenvalue weighted by molar-refractivity contribution is 7.91. The first-order valence-electron chi connectivity index (χ1n) is 9.79. The number of nitrogens with two attached hydrogens (primary N) is 1. The molecular formula is C22H18N2O8S2. The van der Waals surface area contributed by atoms with Gasteiger partial charge in [0.1, 0.15) is 4.90 Å². The molecule has 4 rings (SSSR count). The van der Waals surface area contributed by atoms with Crippen molar-refractivity contribution in [3.63, 3.8) is 0 Å². The largest absolute Gasteiger partial charge is 0.397 e. The molecule has 0 unspecified atom stereocenters. The van der Waals surface area contributed by atoms with Crippen molar-refractivity contribution in [1.29, 1.82) is 0 Å². The first kappa shape index (κ1) is 23.6. The summed E-state index contributed by atoms with van der Waals surface area (Å²) in [6.45, 7) is -0.584. The molecule has 5 N–H and O–H groups in total. The molecule has 10 nitrogen and oxygen atoms in total. The Hall–Kier alpha value is -3.58. The number of benzene rings is 3.